The molecule has 1 heterocycles. The van der Waals surface area contributed by atoms with Crippen molar-refractivity contribution in [1.82, 2.24) is 0 Å². The van der Waals surface area contributed by atoms with Gasteiger partial charge in [-0.3, -0.25) is 4.79 Å². The molecule has 0 bridgehead atoms. The molecule has 22 heavy (non-hydrogen) atoms. The van der Waals surface area contributed by atoms with Crippen molar-refractivity contribution >= 4 is 23.9 Å². The van der Waals surface area contributed by atoms with Gasteiger partial charge in [0.25, 0.3) is 0 Å². The first-order chi connectivity index (χ1) is 10.5. The Bertz CT molecular complexity index is 621. The van der Waals surface area contributed by atoms with Gasteiger partial charge in [-0.1, -0.05) is 12.1 Å². The summed E-state index contributed by atoms with van der Waals surface area (Å²) in [7, 11) is 0. The molecule has 1 aliphatic rings. The smallest absolute Gasteiger partial charge is 0.351 e. The van der Waals surface area contributed by atoms with Crippen LogP contribution in [0.2, 0.25) is 0 Å². The van der Waals surface area contributed by atoms with Crippen LogP contribution >= 0.6 is 0 Å². The molecule has 116 valence electrons. The Morgan fingerprint density at radius 1 is 1.27 bits per heavy atom. The maximum atomic E-state index is 12.0. The highest BCUT2D eigenvalue weighted by Crippen LogP contribution is 2.19. The third-order valence-corrected chi connectivity index (χ3v) is 2.60. The standard InChI is InChI=1S/C14H12O8/c1-8(15)21-10-5-3-2-4-9(10)13(17)19-6-11-14(18)20-7-12(16)22-11/h2-5,11H,6-7H2,1H3/t11-/m0/s1. The summed E-state index contributed by atoms with van der Waals surface area (Å²) in [5.41, 5.74) is 0.00760. The van der Waals surface area contributed by atoms with E-state index in [-0.39, 0.29) is 11.3 Å². The monoisotopic (exact) mass is 308 g/mol. The number of para-hydroxylation sites is 1. The number of hydrogen-bond acceptors (Lipinski definition) is 8. The minimum absolute atomic E-state index is 0.00760. The van der Waals surface area contributed by atoms with Crippen molar-refractivity contribution in [2.45, 2.75) is 13.0 Å². The predicted molar refractivity (Wildman–Crippen MR) is 68.9 cm³/mol. The van der Waals surface area contributed by atoms with E-state index in [1.807, 2.05) is 0 Å². The van der Waals surface area contributed by atoms with E-state index < -0.39 is 43.2 Å². The van der Waals surface area contributed by atoms with Gasteiger partial charge < -0.3 is 18.9 Å². The lowest BCUT2D eigenvalue weighted by atomic mass is 10.2. The van der Waals surface area contributed by atoms with E-state index in [2.05, 4.69) is 4.74 Å². The largest absolute Gasteiger partial charge is 0.457 e. The van der Waals surface area contributed by atoms with Gasteiger partial charge in [0.2, 0.25) is 6.10 Å². The van der Waals surface area contributed by atoms with Crippen LogP contribution in [0.4, 0.5) is 0 Å². The summed E-state index contributed by atoms with van der Waals surface area (Å²) >= 11 is 0. The van der Waals surface area contributed by atoms with Crippen molar-refractivity contribution in [2.24, 2.45) is 0 Å². The lowest BCUT2D eigenvalue weighted by Gasteiger charge is -2.20. The van der Waals surface area contributed by atoms with Crippen LogP contribution in [0.1, 0.15) is 17.3 Å². The quantitative estimate of drug-likeness (QED) is 0.442. The highest BCUT2D eigenvalue weighted by Gasteiger charge is 2.32. The summed E-state index contributed by atoms with van der Waals surface area (Å²) in [6, 6.07) is 5.95. The zero-order chi connectivity index (χ0) is 16.1. The number of hydrogen-bond donors (Lipinski definition) is 0. The molecule has 1 saturated heterocycles. The third kappa shape index (κ3) is 3.81. The number of carbonyl (C=O) groups excluding carboxylic acids is 4. The Kier molecular flexibility index (Phi) is 4.72. The molecule has 0 N–H and O–H groups in total. The molecule has 1 aromatic rings. The highest BCUT2D eigenvalue weighted by molar-refractivity contribution is 5.93. The minimum Gasteiger partial charge on any atom is -0.457 e. The first-order valence-corrected chi connectivity index (χ1v) is 6.28. The Labute approximate surface area is 124 Å². The molecule has 0 saturated carbocycles. The second kappa shape index (κ2) is 6.70. The predicted octanol–water partition coefficient (Wildman–Crippen LogP) is 0.237. The topological polar surface area (TPSA) is 105 Å². The fraction of sp³-hybridized carbons (Fsp3) is 0.286. The van der Waals surface area contributed by atoms with Crippen LogP contribution in [-0.2, 0) is 28.6 Å². The van der Waals surface area contributed by atoms with Gasteiger partial charge in [-0.25, -0.2) is 14.4 Å². The summed E-state index contributed by atoms with van der Waals surface area (Å²) in [6.45, 7) is 0.246. The van der Waals surface area contributed by atoms with E-state index >= 15 is 0 Å². The molecule has 1 aliphatic heterocycles. The van der Waals surface area contributed by atoms with Gasteiger partial charge in [0.05, 0.1) is 0 Å². The summed E-state index contributed by atoms with van der Waals surface area (Å²) in [6.07, 6.45) is -1.30. The maximum Gasteiger partial charge on any atom is 0.351 e. The van der Waals surface area contributed by atoms with Crippen LogP contribution in [0.3, 0.4) is 0 Å². The molecule has 0 amide bonds. The third-order valence-electron chi connectivity index (χ3n) is 2.60. The Hall–Kier alpha value is -2.90. The number of rotatable bonds is 4. The van der Waals surface area contributed by atoms with E-state index in [9.17, 15) is 19.2 Å². The number of benzene rings is 1. The van der Waals surface area contributed by atoms with Gasteiger partial charge in [-0.15, -0.1) is 0 Å². The van der Waals surface area contributed by atoms with Gasteiger partial charge in [-0.2, -0.15) is 0 Å². The van der Waals surface area contributed by atoms with Crippen molar-refractivity contribution < 1.29 is 38.1 Å². The fourth-order valence-corrected chi connectivity index (χ4v) is 1.67. The second-order valence-electron chi connectivity index (χ2n) is 4.27. The number of carbonyl (C=O) groups is 4. The van der Waals surface area contributed by atoms with E-state index in [0.29, 0.717) is 0 Å². The van der Waals surface area contributed by atoms with Crippen molar-refractivity contribution in [3.63, 3.8) is 0 Å². The lowest BCUT2D eigenvalue weighted by Crippen LogP contribution is -2.41. The lowest BCUT2D eigenvalue weighted by molar-refractivity contribution is -0.187. The van der Waals surface area contributed by atoms with Crippen molar-refractivity contribution in [2.75, 3.05) is 13.2 Å². The number of esters is 4. The first kappa shape index (κ1) is 15.5. The van der Waals surface area contributed by atoms with E-state index in [4.69, 9.17) is 14.2 Å². The fourth-order valence-electron chi connectivity index (χ4n) is 1.67. The molecule has 8 nitrogen and oxygen atoms in total. The Balaban J connectivity index is 2.02. The van der Waals surface area contributed by atoms with Crippen LogP contribution in [0.25, 0.3) is 0 Å². The highest BCUT2D eigenvalue weighted by atomic mass is 16.7. The number of ether oxygens (including phenoxy) is 4. The molecule has 0 spiro atoms. The summed E-state index contributed by atoms with van der Waals surface area (Å²) < 4.78 is 19.0. The summed E-state index contributed by atoms with van der Waals surface area (Å²) in [5.74, 6) is -2.90. The summed E-state index contributed by atoms with van der Waals surface area (Å²) in [4.78, 5) is 45.3. The van der Waals surface area contributed by atoms with E-state index in [0.717, 1.165) is 0 Å². The zero-order valence-corrected chi connectivity index (χ0v) is 11.6. The van der Waals surface area contributed by atoms with Gasteiger partial charge in [0, 0.05) is 6.92 Å². The van der Waals surface area contributed by atoms with E-state index in [1.165, 1.54) is 19.1 Å². The molecule has 0 aromatic heterocycles. The average molecular weight is 308 g/mol. The molecule has 1 fully saturated rings. The molecule has 2 rings (SSSR count). The van der Waals surface area contributed by atoms with E-state index in [1.54, 1.807) is 12.1 Å². The van der Waals surface area contributed by atoms with Crippen LogP contribution < -0.4 is 4.74 Å². The van der Waals surface area contributed by atoms with Crippen molar-refractivity contribution in [3.8, 4) is 5.75 Å². The Morgan fingerprint density at radius 2 is 2.00 bits per heavy atom. The molecule has 0 aliphatic carbocycles. The van der Waals surface area contributed by atoms with Crippen molar-refractivity contribution in [1.29, 1.82) is 0 Å². The Morgan fingerprint density at radius 3 is 2.73 bits per heavy atom. The molecule has 0 radical (unpaired) electrons. The van der Waals surface area contributed by atoms with Gasteiger partial charge >= 0.3 is 23.9 Å². The second-order valence-corrected chi connectivity index (χ2v) is 4.27. The average Bonchev–Trinajstić information content (AvgIpc) is 2.48. The minimum atomic E-state index is -1.30. The van der Waals surface area contributed by atoms with Crippen molar-refractivity contribution in [3.05, 3.63) is 29.8 Å². The number of cyclic esters (lactones) is 2. The van der Waals surface area contributed by atoms with Gasteiger partial charge in [0.15, 0.2) is 6.61 Å². The van der Waals surface area contributed by atoms with Crippen LogP contribution in [0, 0.1) is 0 Å². The first-order valence-electron chi connectivity index (χ1n) is 6.28. The van der Waals surface area contributed by atoms with Gasteiger partial charge in [-0.05, 0) is 12.1 Å². The van der Waals surface area contributed by atoms with Crippen LogP contribution in [0.5, 0.6) is 5.75 Å². The van der Waals surface area contributed by atoms with Crippen LogP contribution in [0.15, 0.2) is 24.3 Å². The van der Waals surface area contributed by atoms with Gasteiger partial charge in [0.1, 0.15) is 17.9 Å². The SMILES string of the molecule is CC(=O)Oc1ccccc1C(=O)OC[C@@H]1OC(=O)COC1=O. The zero-order valence-electron chi connectivity index (χ0n) is 11.6. The normalized spacial score (nSPS) is 17.2. The molecule has 0 unspecified atom stereocenters. The molecule has 1 aromatic carbocycles. The molecular formula is C14H12O8. The van der Waals surface area contributed by atoms with Crippen LogP contribution in [-0.4, -0.2) is 43.2 Å². The molecule has 1 atom stereocenters. The molecular weight excluding hydrogens is 296 g/mol. The molecule has 8 heteroatoms. The summed E-state index contributed by atoms with van der Waals surface area (Å²) in [5, 5.41) is 0. The maximum absolute atomic E-state index is 12.0.